The second kappa shape index (κ2) is 5.77. The highest BCUT2D eigenvalue weighted by Crippen LogP contribution is 2.31. The number of nitrogens with zero attached hydrogens (tertiary/aromatic N) is 2. The Hall–Kier alpha value is -2.30. The number of imidazole rings is 1. The van der Waals surface area contributed by atoms with Crippen LogP contribution < -0.4 is 4.74 Å². The van der Waals surface area contributed by atoms with E-state index in [1.165, 1.54) is 5.56 Å². The fourth-order valence-electron chi connectivity index (χ4n) is 2.00. The first-order valence-electron chi connectivity index (χ1n) is 6.40. The third kappa shape index (κ3) is 2.99. The molecule has 20 heavy (non-hydrogen) atoms. The second-order valence-electron chi connectivity index (χ2n) is 4.78. The van der Waals surface area contributed by atoms with Gasteiger partial charge in [-0.3, -0.25) is 4.79 Å². The number of aryl methyl sites for hydroxylation is 3. The standard InChI is InChI=1S/C15H18N2O3/c1-10-6-12(14(20-3)7-11(10)2)13-8-17(9-16-13)5-4-15(18)19/h6-9H,4-5H2,1-3H3,(H,18,19). The van der Waals surface area contributed by atoms with Crippen LogP contribution in [0.3, 0.4) is 0 Å². The molecule has 1 heterocycles. The van der Waals surface area contributed by atoms with Crippen molar-refractivity contribution in [3.8, 4) is 17.0 Å². The fraction of sp³-hybridized carbons (Fsp3) is 0.333. The maximum absolute atomic E-state index is 10.6. The number of methoxy groups -OCH3 is 1. The molecule has 0 bridgehead atoms. The van der Waals surface area contributed by atoms with Crippen molar-refractivity contribution in [3.05, 3.63) is 35.8 Å². The largest absolute Gasteiger partial charge is 0.496 e. The number of ether oxygens (including phenoxy) is 1. The maximum Gasteiger partial charge on any atom is 0.305 e. The zero-order chi connectivity index (χ0) is 14.7. The van der Waals surface area contributed by atoms with Gasteiger partial charge in [0.15, 0.2) is 0 Å². The van der Waals surface area contributed by atoms with Crippen LogP contribution in [0, 0.1) is 13.8 Å². The van der Waals surface area contributed by atoms with E-state index in [0.717, 1.165) is 22.6 Å². The second-order valence-corrected chi connectivity index (χ2v) is 4.78. The number of carboxylic acid groups (broad SMARTS) is 1. The molecule has 106 valence electrons. The third-order valence-corrected chi connectivity index (χ3v) is 3.31. The van der Waals surface area contributed by atoms with E-state index in [0.29, 0.717) is 6.54 Å². The summed E-state index contributed by atoms with van der Waals surface area (Å²) >= 11 is 0. The lowest BCUT2D eigenvalue weighted by Gasteiger charge is -2.10. The number of benzene rings is 1. The highest BCUT2D eigenvalue weighted by Gasteiger charge is 2.11. The Balaban J connectivity index is 2.32. The van der Waals surface area contributed by atoms with Crippen molar-refractivity contribution in [2.24, 2.45) is 0 Å². The number of hydrogen-bond donors (Lipinski definition) is 1. The molecule has 0 aliphatic rings. The molecule has 5 nitrogen and oxygen atoms in total. The van der Waals surface area contributed by atoms with Gasteiger partial charge in [0.1, 0.15) is 5.75 Å². The third-order valence-electron chi connectivity index (χ3n) is 3.31. The molecular formula is C15H18N2O3. The molecule has 0 aliphatic heterocycles. The van der Waals surface area contributed by atoms with Crippen LogP contribution in [0.4, 0.5) is 0 Å². The molecule has 1 aromatic carbocycles. The molecule has 0 saturated heterocycles. The maximum atomic E-state index is 10.6. The van der Waals surface area contributed by atoms with Gasteiger partial charge in [-0.25, -0.2) is 4.98 Å². The number of hydrogen-bond acceptors (Lipinski definition) is 3. The number of aliphatic carboxylic acids is 1. The molecule has 0 atom stereocenters. The Labute approximate surface area is 117 Å². The summed E-state index contributed by atoms with van der Waals surface area (Å²) in [6.45, 7) is 4.49. The lowest BCUT2D eigenvalue weighted by Crippen LogP contribution is -2.02. The molecule has 2 rings (SSSR count). The molecular weight excluding hydrogens is 256 g/mol. The lowest BCUT2D eigenvalue weighted by molar-refractivity contribution is -0.137. The van der Waals surface area contributed by atoms with Crippen molar-refractivity contribution in [1.82, 2.24) is 9.55 Å². The van der Waals surface area contributed by atoms with Crippen molar-refractivity contribution in [1.29, 1.82) is 0 Å². The van der Waals surface area contributed by atoms with Crippen LogP contribution in [0.25, 0.3) is 11.3 Å². The summed E-state index contributed by atoms with van der Waals surface area (Å²) in [5, 5.41) is 8.69. The van der Waals surface area contributed by atoms with Crippen LogP contribution in [-0.2, 0) is 11.3 Å². The van der Waals surface area contributed by atoms with Crippen LogP contribution in [0.1, 0.15) is 17.5 Å². The zero-order valence-corrected chi connectivity index (χ0v) is 11.9. The first-order chi connectivity index (χ1) is 9.51. The molecule has 2 aromatic rings. The predicted octanol–water partition coefficient (Wildman–Crippen LogP) is 2.65. The van der Waals surface area contributed by atoms with Gasteiger partial charge < -0.3 is 14.4 Å². The minimum Gasteiger partial charge on any atom is -0.496 e. The van der Waals surface area contributed by atoms with Crippen LogP contribution in [0.2, 0.25) is 0 Å². The molecule has 5 heteroatoms. The number of aromatic nitrogens is 2. The number of carboxylic acids is 1. The van der Waals surface area contributed by atoms with Crippen molar-refractivity contribution in [3.63, 3.8) is 0 Å². The fourth-order valence-corrected chi connectivity index (χ4v) is 2.00. The van der Waals surface area contributed by atoms with Crippen molar-refractivity contribution in [2.75, 3.05) is 7.11 Å². The average Bonchev–Trinajstić information content (AvgIpc) is 2.87. The summed E-state index contributed by atoms with van der Waals surface area (Å²) < 4.78 is 7.18. The van der Waals surface area contributed by atoms with Gasteiger partial charge in [-0.2, -0.15) is 0 Å². The van der Waals surface area contributed by atoms with Crippen LogP contribution >= 0.6 is 0 Å². The summed E-state index contributed by atoms with van der Waals surface area (Å²) in [4.78, 5) is 14.9. The van der Waals surface area contributed by atoms with E-state index in [4.69, 9.17) is 9.84 Å². The van der Waals surface area contributed by atoms with Crippen molar-refractivity contribution >= 4 is 5.97 Å². The average molecular weight is 274 g/mol. The molecule has 1 N–H and O–H groups in total. The summed E-state index contributed by atoms with van der Waals surface area (Å²) in [6, 6.07) is 4.03. The van der Waals surface area contributed by atoms with Crippen molar-refractivity contribution in [2.45, 2.75) is 26.8 Å². The Bertz CT molecular complexity index is 632. The van der Waals surface area contributed by atoms with E-state index in [9.17, 15) is 4.79 Å². The van der Waals surface area contributed by atoms with E-state index >= 15 is 0 Å². The summed E-state index contributed by atoms with van der Waals surface area (Å²) in [6.07, 6.45) is 3.57. The van der Waals surface area contributed by atoms with Gasteiger partial charge in [0.2, 0.25) is 0 Å². The Morgan fingerprint density at radius 2 is 2.05 bits per heavy atom. The van der Waals surface area contributed by atoms with Gasteiger partial charge in [0.25, 0.3) is 0 Å². The summed E-state index contributed by atoms with van der Waals surface area (Å²) in [5.74, 6) is -0.0411. The van der Waals surface area contributed by atoms with E-state index in [1.807, 2.05) is 32.2 Å². The molecule has 0 amide bonds. The molecule has 0 spiro atoms. The highest BCUT2D eigenvalue weighted by molar-refractivity contribution is 5.69. The minimum atomic E-state index is -0.816. The van der Waals surface area contributed by atoms with Gasteiger partial charge >= 0.3 is 5.97 Å². The smallest absolute Gasteiger partial charge is 0.305 e. The summed E-state index contributed by atoms with van der Waals surface area (Å²) in [5.41, 5.74) is 4.04. The SMILES string of the molecule is COc1cc(C)c(C)cc1-c1cn(CCC(=O)O)cn1. The molecule has 1 aromatic heterocycles. The highest BCUT2D eigenvalue weighted by atomic mass is 16.5. The van der Waals surface area contributed by atoms with Crippen LogP contribution in [0.15, 0.2) is 24.7 Å². The van der Waals surface area contributed by atoms with E-state index < -0.39 is 5.97 Å². The van der Waals surface area contributed by atoms with Gasteiger partial charge in [-0.15, -0.1) is 0 Å². The van der Waals surface area contributed by atoms with Crippen molar-refractivity contribution < 1.29 is 14.6 Å². The first kappa shape index (κ1) is 14.1. The quantitative estimate of drug-likeness (QED) is 0.910. The Morgan fingerprint density at radius 3 is 2.70 bits per heavy atom. The topological polar surface area (TPSA) is 64.3 Å². The molecule has 0 saturated carbocycles. The van der Waals surface area contributed by atoms with E-state index in [-0.39, 0.29) is 6.42 Å². The molecule has 0 unspecified atom stereocenters. The monoisotopic (exact) mass is 274 g/mol. The Kier molecular flexibility index (Phi) is 4.08. The Morgan fingerprint density at radius 1 is 1.35 bits per heavy atom. The number of rotatable bonds is 5. The van der Waals surface area contributed by atoms with E-state index in [2.05, 4.69) is 4.98 Å². The lowest BCUT2D eigenvalue weighted by atomic mass is 10.0. The normalized spacial score (nSPS) is 10.6. The first-order valence-corrected chi connectivity index (χ1v) is 6.40. The van der Waals surface area contributed by atoms with Gasteiger partial charge in [-0.05, 0) is 37.1 Å². The van der Waals surface area contributed by atoms with Crippen LogP contribution in [0.5, 0.6) is 5.75 Å². The molecule has 0 aliphatic carbocycles. The number of carbonyl (C=O) groups is 1. The van der Waals surface area contributed by atoms with Gasteiger partial charge in [-0.1, -0.05) is 0 Å². The van der Waals surface area contributed by atoms with Gasteiger partial charge in [0.05, 0.1) is 25.6 Å². The molecule has 0 fully saturated rings. The van der Waals surface area contributed by atoms with Crippen LogP contribution in [-0.4, -0.2) is 27.7 Å². The van der Waals surface area contributed by atoms with Gasteiger partial charge in [0, 0.05) is 18.3 Å². The minimum absolute atomic E-state index is 0.0832. The molecule has 0 radical (unpaired) electrons. The zero-order valence-electron chi connectivity index (χ0n) is 11.9. The summed E-state index contributed by atoms with van der Waals surface area (Å²) in [7, 11) is 1.63. The van der Waals surface area contributed by atoms with E-state index in [1.54, 1.807) is 18.0 Å². The predicted molar refractivity (Wildman–Crippen MR) is 75.9 cm³/mol.